The lowest BCUT2D eigenvalue weighted by Gasteiger charge is -1.88. The first-order chi connectivity index (χ1) is 11.2. The zero-order chi connectivity index (χ0) is 16.2. The number of benzene rings is 2. The third kappa shape index (κ3) is 4.02. The van der Waals surface area contributed by atoms with E-state index >= 15 is 0 Å². The summed E-state index contributed by atoms with van der Waals surface area (Å²) in [7, 11) is 0. The van der Waals surface area contributed by atoms with Crippen LogP contribution in [0.25, 0.3) is 20.4 Å². The molecule has 0 radical (unpaired) electrons. The topological polar surface area (TPSA) is 16.8 Å². The van der Waals surface area contributed by atoms with Gasteiger partial charge in [0.05, 0.1) is 15.2 Å². The standard InChI is InChI=1S/C11H10NS.C8H7NS.BrH/c1-3-8-12-9(2)13-11-7-5-4-6-10(11)12;1-6-9-7-4-2-3-5-8(7)10-6;/h1,4-7H,8H2,2H3;2-5H,1H3;1H/q+1;;/p-1. The van der Waals surface area contributed by atoms with E-state index < -0.39 is 0 Å². The summed E-state index contributed by atoms with van der Waals surface area (Å²) in [6.07, 6.45) is 5.31. The van der Waals surface area contributed by atoms with Crippen molar-refractivity contribution >= 4 is 43.1 Å². The van der Waals surface area contributed by atoms with E-state index in [1.807, 2.05) is 31.2 Å². The molecule has 0 spiro atoms. The Bertz CT molecular complexity index is 962. The number of aromatic nitrogens is 2. The van der Waals surface area contributed by atoms with Gasteiger partial charge in [-0.25, -0.2) is 4.98 Å². The fourth-order valence-electron chi connectivity index (χ4n) is 2.43. The summed E-state index contributed by atoms with van der Waals surface area (Å²) < 4.78 is 4.75. The Kier molecular flexibility index (Phi) is 6.50. The summed E-state index contributed by atoms with van der Waals surface area (Å²) in [4.78, 5) is 4.33. The first-order valence-electron chi connectivity index (χ1n) is 7.32. The number of rotatable bonds is 1. The number of fused-ring (bicyclic) bond motifs is 2. The zero-order valence-electron chi connectivity index (χ0n) is 13.5. The molecule has 0 unspecified atom stereocenters. The first kappa shape index (κ1) is 18.6. The van der Waals surface area contributed by atoms with E-state index in [1.165, 1.54) is 19.9 Å². The Morgan fingerprint density at radius 3 is 2.38 bits per heavy atom. The molecule has 2 heterocycles. The second kappa shape index (κ2) is 8.39. The molecule has 0 saturated heterocycles. The Balaban J connectivity index is 0.000000172. The van der Waals surface area contributed by atoms with Gasteiger partial charge in [-0.05, 0) is 31.0 Å². The normalized spacial score (nSPS) is 9.88. The number of thiazole rings is 2. The van der Waals surface area contributed by atoms with Gasteiger partial charge in [-0.15, -0.1) is 17.8 Å². The van der Waals surface area contributed by atoms with Crippen LogP contribution >= 0.6 is 22.7 Å². The summed E-state index contributed by atoms with van der Waals surface area (Å²) in [6, 6.07) is 16.5. The molecular formula is C19H17BrN2S2. The molecule has 2 aromatic carbocycles. The van der Waals surface area contributed by atoms with Gasteiger partial charge in [-0.2, -0.15) is 4.57 Å². The molecule has 4 rings (SSSR count). The number of halogens is 1. The molecule has 122 valence electrons. The highest BCUT2D eigenvalue weighted by molar-refractivity contribution is 7.18. The van der Waals surface area contributed by atoms with Gasteiger partial charge in [-0.3, -0.25) is 0 Å². The highest BCUT2D eigenvalue weighted by Crippen LogP contribution is 2.20. The van der Waals surface area contributed by atoms with Crippen LogP contribution < -0.4 is 21.5 Å². The lowest BCUT2D eigenvalue weighted by Crippen LogP contribution is -3.00. The summed E-state index contributed by atoms with van der Waals surface area (Å²) >= 11 is 3.53. The van der Waals surface area contributed by atoms with Gasteiger partial charge >= 0.3 is 0 Å². The highest BCUT2D eigenvalue weighted by Gasteiger charge is 2.14. The predicted octanol–water partition coefficient (Wildman–Crippen LogP) is 1.74. The van der Waals surface area contributed by atoms with Crippen LogP contribution in [0.5, 0.6) is 0 Å². The maximum atomic E-state index is 5.31. The van der Waals surface area contributed by atoms with E-state index in [0.29, 0.717) is 6.54 Å². The van der Waals surface area contributed by atoms with Crippen molar-refractivity contribution in [2.24, 2.45) is 0 Å². The van der Waals surface area contributed by atoms with E-state index in [1.54, 1.807) is 22.7 Å². The van der Waals surface area contributed by atoms with Crippen LogP contribution in [0.3, 0.4) is 0 Å². The smallest absolute Gasteiger partial charge is 0.236 e. The lowest BCUT2D eigenvalue weighted by atomic mass is 10.3. The molecule has 0 N–H and O–H groups in total. The van der Waals surface area contributed by atoms with Gasteiger partial charge in [0, 0.05) is 13.0 Å². The molecule has 24 heavy (non-hydrogen) atoms. The third-order valence-corrected chi connectivity index (χ3v) is 5.48. The number of hydrogen-bond acceptors (Lipinski definition) is 3. The summed E-state index contributed by atoms with van der Waals surface area (Å²) in [5, 5.41) is 2.40. The van der Waals surface area contributed by atoms with Crippen molar-refractivity contribution in [2.75, 3.05) is 0 Å². The fraction of sp³-hybridized carbons (Fsp3) is 0.158. The van der Waals surface area contributed by atoms with Crippen molar-refractivity contribution < 1.29 is 21.5 Å². The Hall–Kier alpha value is -1.74. The molecule has 0 atom stereocenters. The van der Waals surface area contributed by atoms with Gasteiger partial charge in [0.2, 0.25) is 17.1 Å². The largest absolute Gasteiger partial charge is 1.00 e. The molecule has 2 nitrogen and oxygen atoms in total. The van der Waals surface area contributed by atoms with Crippen LogP contribution in [0, 0.1) is 26.2 Å². The lowest BCUT2D eigenvalue weighted by molar-refractivity contribution is -0.660. The minimum atomic E-state index is 0. The van der Waals surface area contributed by atoms with Crippen LogP contribution in [0.15, 0.2) is 48.5 Å². The molecular weight excluding hydrogens is 400 g/mol. The molecule has 2 aromatic heterocycles. The van der Waals surface area contributed by atoms with Crippen molar-refractivity contribution in [1.29, 1.82) is 0 Å². The molecule has 0 bridgehead atoms. The van der Waals surface area contributed by atoms with Crippen molar-refractivity contribution in [3.8, 4) is 12.3 Å². The predicted molar refractivity (Wildman–Crippen MR) is 99.9 cm³/mol. The van der Waals surface area contributed by atoms with Gasteiger partial charge in [0.15, 0.2) is 0 Å². The molecule has 0 fully saturated rings. The molecule has 0 amide bonds. The van der Waals surface area contributed by atoms with E-state index in [4.69, 9.17) is 6.42 Å². The summed E-state index contributed by atoms with van der Waals surface area (Å²) in [5.41, 5.74) is 2.35. The van der Waals surface area contributed by atoms with Crippen molar-refractivity contribution in [1.82, 2.24) is 4.98 Å². The Labute approximate surface area is 160 Å². The third-order valence-electron chi connectivity index (χ3n) is 3.44. The second-order valence-electron chi connectivity index (χ2n) is 5.08. The maximum absolute atomic E-state index is 5.31. The Morgan fingerprint density at radius 1 is 1.00 bits per heavy atom. The first-order valence-corrected chi connectivity index (χ1v) is 8.96. The van der Waals surface area contributed by atoms with Gasteiger partial charge < -0.3 is 17.0 Å². The van der Waals surface area contributed by atoms with E-state index in [0.717, 1.165) is 10.5 Å². The minimum Gasteiger partial charge on any atom is -1.00 e. The summed E-state index contributed by atoms with van der Waals surface area (Å²) in [6.45, 7) is 4.79. The average molecular weight is 417 g/mol. The number of hydrogen-bond donors (Lipinski definition) is 0. The fourth-order valence-corrected chi connectivity index (χ4v) is 4.27. The van der Waals surface area contributed by atoms with Gasteiger partial charge in [0.1, 0.15) is 4.70 Å². The molecule has 0 aliphatic heterocycles. The second-order valence-corrected chi connectivity index (χ2v) is 7.55. The van der Waals surface area contributed by atoms with Crippen LogP contribution in [0.2, 0.25) is 0 Å². The number of terminal acetylenes is 1. The SMILES string of the molecule is C#CC[n+]1c(C)sc2ccccc21.Cc1nc2ccccc2s1.[Br-]. The Morgan fingerprint density at radius 2 is 1.67 bits per heavy atom. The van der Waals surface area contributed by atoms with Crippen molar-refractivity contribution in [2.45, 2.75) is 20.4 Å². The quantitative estimate of drug-likeness (QED) is 0.341. The van der Waals surface area contributed by atoms with Crippen molar-refractivity contribution in [3.63, 3.8) is 0 Å². The van der Waals surface area contributed by atoms with E-state index in [-0.39, 0.29) is 17.0 Å². The van der Waals surface area contributed by atoms with Crippen molar-refractivity contribution in [3.05, 3.63) is 58.5 Å². The van der Waals surface area contributed by atoms with E-state index in [9.17, 15) is 0 Å². The summed E-state index contributed by atoms with van der Waals surface area (Å²) in [5.74, 6) is 2.67. The molecule has 0 saturated carbocycles. The maximum Gasteiger partial charge on any atom is 0.236 e. The zero-order valence-corrected chi connectivity index (χ0v) is 16.7. The minimum absolute atomic E-state index is 0. The molecule has 4 aromatic rings. The van der Waals surface area contributed by atoms with Crippen LogP contribution in [-0.4, -0.2) is 4.98 Å². The molecule has 5 heteroatoms. The van der Waals surface area contributed by atoms with Crippen LogP contribution in [-0.2, 0) is 6.54 Å². The van der Waals surface area contributed by atoms with Gasteiger partial charge in [-0.1, -0.05) is 35.6 Å². The number of aryl methyl sites for hydroxylation is 2. The number of para-hydroxylation sites is 2. The van der Waals surface area contributed by atoms with Gasteiger partial charge in [0.25, 0.3) is 0 Å². The molecule has 0 aliphatic rings. The average Bonchev–Trinajstić information content (AvgIpc) is 3.08. The van der Waals surface area contributed by atoms with Crippen LogP contribution in [0.4, 0.5) is 0 Å². The monoisotopic (exact) mass is 416 g/mol. The van der Waals surface area contributed by atoms with E-state index in [2.05, 4.69) is 46.7 Å². The number of nitrogens with zero attached hydrogens (tertiary/aromatic N) is 2. The highest BCUT2D eigenvalue weighted by atomic mass is 79.9. The van der Waals surface area contributed by atoms with Crippen LogP contribution in [0.1, 0.15) is 10.0 Å². The molecule has 0 aliphatic carbocycles.